The molecule has 0 radical (unpaired) electrons. The number of carbonyl (C=O) groups is 1. The van der Waals surface area contributed by atoms with Crippen molar-refractivity contribution in [3.05, 3.63) is 36.2 Å². The maximum absolute atomic E-state index is 11.2. The number of carboxylic acid groups (broad SMARTS) is 1. The summed E-state index contributed by atoms with van der Waals surface area (Å²) in [7, 11) is 0. The first-order valence-corrected chi connectivity index (χ1v) is 6.69. The minimum atomic E-state index is -1.16. The number of aromatic nitrogens is 4. The summed E-state index contributed by atoms with van der Waals surface area (Å²) in [5.74, 6) is 0.0975. The van der Waals surface area contributed by atoms with E-state index in [4.69, 9.17) is 0 Å². The predicted molar refractivity (Wildman–Crippen MR) is 70.8 cm³/mol. The van der Waals surface area contributed by atoms with Crippen molar-refractivity contribution in [1.29, 1.82) is 0 Å². The molecular formula is C12H14N4O2S. The van der Waals surface area contributed by atoms with Gasteiger partial charge in [-0.2, -0.15) is 0 Å². The molecule has 0 saturated heterocycles. The molecule has 0 unspecified atom stereocenters. The van der Waals surface area contributed by atoms with E-state index in [0.29, 0.717) is 11.6 Å². The summed E-state index contributed by atoms with van der Waals surface area (Å²) >= 11 is 1.56. The molecule has 2 aromatic rings. The Morgan fingerprint density at radius 2 is 2.05 bits per heavy atom. The molecule has 0 atom stereocenters. The minimum Gasteiger partial charge on any atom is -0.479 e. The Bertz CT molecular complexity index is 568. The van der Waals surface area contributed by atoms with Crippen LogP contribution in [0.3, 0.4) is 0 Å². The zero-order valence-electron chi connectivity index (χ0n) is 10.6. The lowest BCUT2D eigenvalue weighted by molar-refractivity contribution is -0.146. The highest BCUT2D eigenvalue weighted by molar-refractivity contribution is 7.98. The SMILES string of the molecule is CC(C)(C(=O)O)n1nnnc1CSc1ccccc1. The van der Waals surface area contributed by atoms with Gasteiger partial charge in [-0.25, -0.2) is 9.48 Å². The molecule has 1 aromatic carbocycles. The molecule has 100 valence electrons. The molecular weight excluding hydrogens is 264 g/mol. The van der Waals surface area contributed by atoms with Crippen molar-refractivity contribution in [3.63, 3.8) is 0 Å². The third-order valence-electron chi connectivity index (χ3n) is 2.70. The minimum absolute atomic E-state index is 0.522. The van der Waals surface area contributed by atoms with E-state index >= 15 is 0 Å². The third kappa shape index (κ3) is 2.93. The van der Waals surface area contributed by atoms with Gasteiger partial charge in [0, 0.05) is 4.90 Å². The fourth-order valence-electron chi connectivity index (χ4n) is 1.49. The topological polar surface area (TPSA) is 80.9 Å². The molecule has 0 fully saturated rings. The third-order valence-corrected chi connectivity index (χ3v) is 3.71. The normalized spacial score (nSPS) is 11.5. The Balaban J connectivity index is 2.15. The second-order valence-electron chi connectivity index (χ2n) is 4.47. The number of rotatable bonds is 5. The van der Waals surface area contributed by atoms with E-state index in [1.54, 1.807) is 25.6 Å². The first-order valence-electron chi connectivity index (χ1n) is 5.71. The fraction of sp³-hybridized carbons (Fsp3) is 0.333. The van der Waals surface area contributed by atoms with Crippen molar-refractivity contribution in [2.75, 3.05) is 0 Å². The molecule has 1 heterocycles. The number of hydrogen-bond donors (Lipinski definition) is 1. The monoisotopic (exact) mass is 278 g/mol. The molecule has 0 saturated carbocycles. The molecule has 7 heteroatoms. The van der Waals surface area contributed by atoms with Crippen LogP contribution in [0, 0.1) is 0 Å². The van der Waals surface area contributed by atoms with Gasteiger partial charge in [0.2, 0.25) is 0 Å². The summed E-state index contributed by atoms with van der Waals surface area (Å²) in [5, 5.41) is 20.4. The Kier molecular flexibility index (Phi) is 3.84. The van der Waals surface area contributed by atoms with Crippen LogP contribution in [-0.4, -0.2) is 31.3 Å². The quantitative estimate of drug-likeness (QED) is 0.840. The molecule has 0 amide bonds. The highest BCUT2D eigenvalue weighted by Gasteiger charge is 2.33. The van der Waals surface area contributed by atoms with Crippen molar-refractivity contribution >= 4 is 17.7 Å². The summed E-state index contributed by atoms with van der Waals surface area (Å²) in [4.78, 5) is 12.3. The second-order valence-corrected chi connectivity index (χ2v) is 5.52. The van der Waals surface area contributed by atoms with Crippen molar-refractivity contribution in [1.82, 2.24) is 20.2 Å². The van der Waals surface area contributed by atoms with E-state index in [9.17, 15) is 9.90 Å². The number of thioether (sulfide) groups is 1. The smallest absolute Gasteiger partial charge is 0.331 e. The predicted octanol–water partition coefficient (Wildman–Crippen LogP) is 1.79. The van der Waals surface area contributed by atoms with Gasteiger partial charge >= 0.3 is 5.97 Å². The zero-order chi connectivity index (χ0) is 13.9. The Labute approximate surface area is 114 Å². The number of tetrazole rings is 1. The van der Waals surface area contributed by atoms with Gasteiger partial charge in [0.25, 0.3) is 0 Å². The summed E-state index contributed by atoms with van der Waals surface area (Å²) in [6, 6.07) is 9.82. The molecule has 0 spiro atoms. The van der Waals surface area contributed by atoms with E-state index in [-0.39, 0.29) is 0 Å². The van der Waals surface area contributed by atoms with Gasteiger partial charge in [-0.05, 0) is 36.4 Å². The number of aliphatic carboxylic acids is 1. The highest BCUT2D eigenvalue weighted by atomic mass is 32.2. The number of hydrogen-bond acceptors (Lipinski definition) is 5. The summed E-state index contributed by atoms with van der Waals surface area (Å²) in [5.41, 5.74) is -1.16. The lowest BCUT2D eigenvalue weighted by Crippen LogP contribution is -2.37. The molecule has 2 rings (SSSR count). The largest absolute Gasteiger partial charge is 0.479 e. The Hall–Kier alpha value is -1.89. The first-order chi connectivity index (χ1) is 9.01. The molecule has 0 bridgehead atoms. The maximum Gasteiger partial charge on any atom is 0.331 e. The van der Waals surface area contributed by atoms with Gasteiger partial charge in [0.15, 0.2) is 11.4 Å². The maximum atomic E-state index is 11.2. The van der Waals surface area contributed by atoms with E-state index in [1.165, 1.54) is 4.68 Å². The van der Waals surface area contributed by atoms with Crippen LogP contribution in [0.1, 0.15) is 19.7 Å². The van der Waals surface area contributed by atoms with Crippen LogP contribution in [0.4, 0.5) is 0 Å². The van der Waals surface area contributed by atoms with E-state index in [0.717, 1.165) is 4.90 Å². The molecule has 1 N–H and O–H groups in total. The zero-order valence-corrected chi connectivity index (χ0v) is 11.5. The van der Waals surface area contributed by atoms with Crippen LogP contribution >= 0.6 is 11.8 Å². The average Bonchev–Trinajstić information content (AvgIpc) is 2.86. The lowest BCUT2D eigenvalue weighted by Gasteiger charge is -2.20. The van der Waals surface area contributed by atoms with Crippen LogP contribution in [0.2, 0.25) is 0 Å². The number of nitrogens with zero attached hydrogens (tertiary/aromatic N) is 4. The first kappa shape index (κ1) is 13.5. The lowest BCUT2D eigenvalue weighted by atomic mass is 10.1. The molecule has 6 nitrogen and oxygen atoms in total. The molecule has 1 aromatic heterocycles. The van der Waals surface area contributed by atoms with E-state index in [2.05, 4.69) is 15.5 Å². The highest BCUT2D eigenvalue weighted by Crippen LogP contribution is 2.23. The Morgan fingerprint density at radius 3 is 2.68 bits per heavy atom. The van der Waals surface area contributed by atoms with Crippen molar-refractivity contribution in [2.24, 2.45) is 0 Å². The molecule has 19 heavy (non-hydrogen) atoms. The average molecular weight is 278 g/mol. The van der Waals surface area contributed by atoms with Crippen LogP contribution in [-0.2, 0) is 16.1 Å². The molecule has 0 aliphatic heterocycles. The second kappa shape index (κ2) is 5.40. The van der Waals surface area contributed by atoms with Crippen LogP contribution in [0.15, 0.2) is 35.2 Å². The fourth-order valence-corrected chi connectivity index (χ4v) is 2.31. The summed E-state index contributed by atoms with van der Waals surface area (Å²) in [6.07, 6.45) is 0. The number of benzene rings is 1. The number of carboxylic acids is 1. The van der Waals surface area contributed by atoms with Crippen molar-refractivity contribution in [3.8, 4) is 0 Å². The molecule has 0 aliphatic carbocycles. The van der Waals surface area contributed by atoms with Crippen molar-refractivity contribution in [2.45, 2.75) is 30.0 Å². The summed E-state index contributed by atoms with van der Waals surface area (Å²) in [6.45, 7) is 3.14. The van der Waals surface area contributed by atoms with Crippen LogP contribution < -0.4 is 0 Å². The van der Waals surface area contributed by atoms with Gasteiger partial charge in [0.1, 0.15) is 0 Å². The van der Waals surface area contributed by atoms with Gasteiger partial charge < -0.3 is 5.11 Å². The van der Waals surface area contributed by atoms with Gasteiger partial charge in [-0.3, -0.25) is 0 Å². The van der Waals surface area contributed by atoms with Gasteiger partial charge in [0.05, 0.1) is 5.75 Å². The van der Waals surface area contributed by atoms with E-state index in [1.807, 2.05) is 30.3 Å². The van der Waals surface area contributed by atoms with Crippen molar-refractivity contribution < 1.29 is 9.90 Å². The van der Waals surface area contributed by atoms with Crippen LogP contribution in [0.25, 0.3) is 0 Å². The Morgan fingerprint density at radius 1 is 1.37 bits per heavy atom. The summed E-state index contributed by atoms with van der Waals surface area (Å²) < 4.78 is 1.35. The van der Waals surface area contributed by atoms with Gasteiger partial charge in [-0.15, -0.1) is 16.9 Å². The van der Waals surface area contributed by atoms with E-state index < -0.39 is 11.5 Å². The van der Waals surface area contributed by atoms with Crippen LogP contribution in [0.5, 0.6) is 0 Å². The molecule has 0 aliphatic rings. The standard InChI is InChI=1S/C12H14N4O2S/c1-12(2,11(17)18)16-10(13-14-15-16)8-19-9-6-4-3-5-7-9/h3-7H,8H2,1-2H3,(H,17,18). The van der Waals surface area contributed by atoms with Gasteiger partial charge in [-0.1, -0.05) is 18.2 Å².